The van der Waals surface area contributed by atoms with E-state index in [1.54, 1.807) is 24.3 Å². The average Bonchev–Trinajstić information content (AvgIpc) is 2.90. The average molecular weight is 567 g/mol. The normalized spacial score (nSPS) is 23.0. The molecule has 1 aliphatic heterocycles. The largest absolute Gasteiger partial charge is 0.456 e. The van der Waals surface area contributed by atoms with E-state index in [0.717, 1.165) is 31.9 Å². The van der Waals surface area contributed by atoms with Crippen molar-refractivity contribution in [3.8, 4) is 0 Å². The minimum absolute atomic E-state index is 0.00942. The topological polar surface area (TPSA) is 124 Å². The zero-order chi connectivity index (χ0) is 28.4. The van der Waals surface area contributed by atoms with Gasteiger partial charge in [-0.2, -0.15) is 0 Å². The summed E-state index contributed by atoms with van der Waals surface area (Å²) in [6.07, 6.45) is -8.49. The van der Waals surface area contributed by atoms with E-state index in [2.05, 4.69) is 0 Å². The van der Waals surface area contributed by atoms with E-state index < -0.39 is 56.3 Å². The lowest BCUT2D eigenvalue weighted by Gasteiger charge is -2.42. The fraction of sp³-hybridized carbons (Fsp3) is 0.444. The van der Waals surface area contributed by atoms with Crippen molar-refractivity contribution in [2.45, 2.75) is 71.2 Å². The quantitative estimate of drug-likeness (QED) is 0.206. The van der Waals surface area contributed by atoms with Crippen LogP contribution in [0.1, 0.15) is 38.3 Å². The molecule has 5 atom stereocenters. The number of benzene rings is 2. The molecule has 0 N–H and O–H groups in total. The van der Waals surface area contributed by atoms with Crippen molar-refractivity contribution in [1.29, 1.82) is 0 Å². The first kappa shape index (κ1) is 30.4. The van der Waals surface area contributed by atoms with Crippen LogP contribution >= 0.6 is 7.60 Å². The first-order chi connectivity index (χ1) is 18.6. The summed E-state index contributed by atoms with van der Waals surface area (Å²) in [4.78, 5) is 35.1. The van der Waals surface area contributed by atoms with Gasteiger partial charge < -0.3 is 28.0 Å². The summed E-state index contributed by atoms with van der Waals surface area (Å²) in [6.45, 7) is 3.21. The number of carbonyl (C=O) groups excluding carboxylic acids is 3. The molecule has 0 saturated carbocycles. The maximum absolute atomic E-state index is 15.2. The second-order valence-electron chi connectivity index (χ2n) is 8.89. The Kier molecular flexibility index (Phi) is 11.2. The van der Waals surface area contributed by atoms with Crippen molar-refractivity contribution in [3.05, 3.63) is 71.8 Å². The van der Waals surface area contributed by atoms with Gasteiger partial charge in [-0.25, -0.2) is 4.39 Å². The predicted octanol–water partition coefficient (Wildman–Crippen LogP) is 4.49. The van der Waals surface area contributed by atoms with Crippen molar-refractivity contribution >= 4 is 25.5 Å². The van der Waals surface area contributed by atoms with E-state index >= 15 is 4.39 Å². The summed E-state index contributed by atoms with van der Waals surface area (Å²) in [7, 11) is -3.82. The van der Waals surface area contributed by atoms with Crippen molar-refractivity contribution < 1.29 is 51.3 Å². The Hall–Kier alpha value is -3.11. The molecule has 0 radical (unpaired) electrons. The number of rotatable bonds is 12. The van der Waals surface area contributed by atoms with Crippen LogP contribution in [-0.2, 0) is 60.2 Å². The van der Waals surface area contributed by atoms with Gasteiger partial charge in [-0.05, 0) is 17.5 Å². The molecule has 2 aromatic rings. The van der Waals surface area contributed by atoms with Crippen LogP contribution in [0.15, 0.2) is 60.7 Å². The lowest BCUT2D eigenvalue weighted by atomic mass is 9.97. The van der Waals surface area contributed by atoms with Gasteiger partial charge in [-0.3, -0.25) is 18.9 Å². The molecule has 0 spiro atoms. The molecule has 1 fully saturated rings. The highest BCUT2D eigenvalue weighted by Gasteiger charge is 2.52. The number of halogens is 1. The highest BCUT2D eigenvalue weighted by Crippen LogP contribution is 2.51. The smallest absolute Gasteiger partial charge is 0.331 e. The molecule has 10 nitrogen and oxygen atoms in total. The molecule has 1 heterocycles. The van der Waals surface area contributed by atoms with Gasteiger partial charge >= 0.3 is 25.5 Å². The summed E-state index contributed by atoms with van der Waals surface area (Å²) in [5.74, 6) is -2.46. The first-order valence-corrected chi connectivity index (χ1v) is 14.1. The molecule has 12 heteroatoms. The molecule has 0 bridgehead atoms. The number of alkyl halides is 1. The molecular formula is C27H32FO10P. The Morgan fingerprint density at radius 3 is 1.69 bits per heavy atom. The van der Waals surface area contributed by atoms with Crippen molar-refractivity contribution in [2.24, 2.45) is 0 Å². The Morgan fingerprint density at radius 1 is 0.769 bits per heavy atom. The SMILES string of the molecule is CC(=O)OC1O[C@H](CCP(=O)(OCc2ccccc2)OCc2ccccc2)[C@@H](OC(C)=O)[C@H](OC(C)=O)[C@@H]1F. The Morgan fingerprint density at radius 2 is 1.23 bits per heavy atom. The molecule has 1 unspecified atom stereocenters. The van der Waals surface area contributed by atoms with Crippen LogP contribution in [0, 0.1) is 0 Å². The van der Waals surface area contributed by atoms with Crippen LogP contribution in [0.25, 0.3) is 0 Å². The van der Waals surface area contributed by atoms with E-state index in [-0.39, 0.29) is 25.8 Å². The van der Waals surface area contributed by atoms with Gasteiger partial charge in [0.05, 0.1) is 19.4 Å². The fourth-order valence-corrected chi connectivity index (χ4v) is 5.56. The molecule has 1 saturated heterocycles. The van der Waals surface area contributed by atoms with Gasteiger partial charge in [0.1, 0.15) is 6.10 Å². The minimum atomic E-state index is -3.82. The first-order valence-electron chi connectivity index (χ1n) is 12.3. The molecule has 0 aromatic heterocycles. The Labute approximate surface area is 226 Å². The maximum atomic E-state index is 15.2. The van der Waals surface area contributed by atoms with Crippen LogP contribution in [0.3, 0.4) is 0 Å². The summed E-state index contributed by atoms with van der Waals surface area (Å²) in [5, 5.41) is 0. The molecule has 39 heavy (non-hydrogen) atoms. The third-order valence-corrected chi connectivity index (χ3v) is 7.54. The van der Waals surface area contributed by atoms with E-state index in [1.165, 1.54) is 0 Å². The van der Waals surface area contributed by atoms with Gasteiger partial charge in [0, 0.05) is 20.8 Å². The summed E-state index contributed by atoms with van der Waals surface area (Å²) < 4.78 is 61.6. The lowest BCUT2D eigenvalue weighted by Crippen LogP contribution is -2.59. The molecular weight excluding hydrogens is 534 g/mol. The number of ether oxygens (including phenoxy) is 4. The summed E-state index contributed by atoms with van der Waals surface area (Å²) >= 11 is 0. The van der Waals surface area contributed by atoms with Gasteiger partial charge in [-0.1, -0.05) is 60.7 Å². The molecule has 212 valence electrons. The van der Waals surface area contributed by atoms with Gasteiger partial charge in [0.2, 0.25) is 12.5 Å². The number of hydrogen-bond donors (Lipinski definition) is 0. The van der Waals surface area contributed by atoms with Crippen LogP contribution in [0.4, 0.5) is 4.39 Å². The van der Waals surface area contributed by atoms with Crippen LogP contribution in [0.5, 0.6) is 0 Å². The van der Waals surface area contributed by atoms with Crippen molar-refractivity contribution in [3.63, 3.8) is 0 Å². The highest BCUT2D eigenvalue weighted by molar-refractivity contribution is 7.53. The third-order valence-electron chi connectivity index (χ3n) is 5.69. The van der Waals surface area contributed by atoms with Crippen LogP contribution in [-0.4, -0.2) is 54.8 Å². The highest BCUT2D eigenvalue weighted by atomic mass is 31.2. The van der Waals surface area contributed by atoms with Gasteiger partial charge in [0.25, 0.3) is 0 Å². The second-order valence-corrected chi connectivity index (χ2v) is 11.1. The zero-order valence-corrected chi connectivity index (χ0v) is 22.8. The number of carbonyl (C=O) groups is 3. The van der Waals surface area contributed by atoms with Crippen LogP contribution in [0.2, 0.25) is 0 Å². The Bertz CT molecular complexity index is 1100. The summed E-state index contributed by atoms with van der Waals surface area (Å²) in [6, 6.07) is 18.1. The Balaban J connectivity index is 1.83. The second kappa shape index (κ2) is 14.3. The van der Waals surface area contributed by atoms with Gasteiger partial charge in [0.15, 0.2) is 12.2 Å². The lowest BCUT2D eigenvalue weighted by molar-refractivity contribution is -0.279. The predicted molar refractivity (Wildman–Crippen MR) is 136 cm³/mol. The van der Waals surface area contributed by atoms with Crippen molar-refractivity contribution in [1.82, 2.24) is 0 Å². The van der Waals surface area contributed by atoms with E-state index in [0.29, 0.717) is 0 Å². The molecule has 2 aromatic carbocycles. The van der Waals surface area contributed by atoms with Crippen molar-refractivity contribution in [2.75, 3.05) is 6.16 Å². The number of esters is 3. The fourth-order valence-electron chi connectivity index (χ4n) is 3.97. The van der Waals surface area contributed by atoms with E-state index in [1.807, 2.05) is 36.4 Å². The minimum Gasteiger partial charge on any atom is -0.456 e. The zero-order valence-electron chi connectivity index (χ0n) is 21.9. The molecule has 0 amide bonds. The molecule has 3 rings (SSSR count). The molecule has 1 aliphatic rings. The number of hydrogen-bond acceptors (Lipinski definition) is 10. The summed E-state index contributed by atoms with van der Waals surface area (Å²) in [5.41, 5.74) is 1.52. The molecule has 0 aliphatic carbocycles. The van der Waals surface area contributed by atoms with E-state index in [4.69, 9.17) is 28.0 Å². The maximum Gasteiger partial charge on any atom is 0.331 e. The van der Waals surface area contributed by atoms with Gasteiger partial charge in [-0.15, -0.1) is 0 Å². The monoisotopic (exact) mass is 566 g/mol. The van der Waals surface area contributed by atoms with E-state index in [9.17, 15) is 18.9 Å². The third kappa shape index (κ3) is 9.54. The van der Waals surface area contributed by atoms with Crippen LogP contribution < -0.4 is 0 Å². The standard InChI is InChI=1S/C27H32FO10P/c1-18(29)35-25-23(38-27(37-20(3)31)24(28)26(25)36-19(2)30)14-15-39(32,33-16-21-10-6-4-7-11-21)34-17-22-12-8-5-9-13-22/h4-13,23-27H,14-17H2,1-3H3/t23-,24+,25-,26-,27?/m1/s1.